The monoisotopic (exact) mass is 384 g/mol. The highest BCUT2D eigenvalue weighted by atomic mass is 32.1. The van der Waals surface area contributed by atoms with Crippen LogP contribution in [0.4, 0.5) is 15.6 Å². The van der Waals surface area contributed by atoms with Crippen molar-refractivity contribution in [3.05, 3.63) is 47.5 Å². The fourth-order valence-electron chi connectivity index (χ4n) is 2.49. The molecule has 2 aromatic carbocycles. The number of methoxy groups -OCH3 is 1. The second kappa shape index (κ2) is 8.05. The number of carbonyl (C=O) groups excluding carboxylic acids is 2. The Hall–Kier alpha value is -3.13. The van der Waals surface area contributed by atoms with E-state index in [2.05, 4.69) is 20.9 Å². The molecule has 0 saturated heterocycles. The third kappa shape index (κ3) is 4.73. The van der Waals surface area contributed by atoms with Gasteiger partial charge in [-0.15, -0.1) is 0 Å². The van der Waals surface area contributed by atoms with Crippen LogP contribution in [0.25, 0.3) is 10.2 Å². The third-order valence-corrected chi connectivity index (χ3v) is 4.71. The van der Waals surface area contributed by atoms with Gasteiger partial charge in [0, 0.05) is 25.2 Å². The van der Waals surface area contributed by atoms with Crippen molar-refractivity contribution in [1.29, 1.82) is 0 Å². The van der Waals surface area contributed by atoms with E-state index in [1.54, 1.807) is 12.1 Å². The first-order chi connectivity index (χ1) is 12.9. The Balaban J connectivity index is 1.72. The smallest absolute Gasteiger partial charge is 0.319 e. The predicted octanol–water partition coefficient (Wildman–Crippen LogP) is 3.89. The molecule has 0 aliphatic rings. The highest BCUT2D eigenvalue weighted by Gasteiger charge is 2.13. The lowest BCUT2D eigenvalue weighted by atomic mass is 10.1. The number of fused-ring (bicyclic) bond motifs is 1. The molecule has 0 aliphatic heterocycles. The third-order valence-electron chi connectivity index (χ3n) is 3.79. The number of carbonyl (C=O) groups is 2. The number of aryl methyl sites for hydroxylation is 1. The van der Waals surface area contributed by atoms with Gasteiger partial charge in [0.2, 0.25) is 5.91 Å². The summed E-state index contributed by atoms with van der Waals surface area (Å²) < 4.78 is 6.17. The van der Waals surface area contributed by atoms with Crippen LogP contribution in [-0.4, -0.2) is 24.0 Å². The Labute approximate surface area is 160 Å². The lowest BCUT2D eigenvalue weighted by molar-refractivity contribution is -0.114. The summed E-state index contributed by atoms with van der Waals surface area (Å²) >= 11 is 1.31. The minimum absolute atomic E-state index is 0.193. The Morgan fingerprint density at radius 3 is 2.56 bits per heavy atom. The second-order valence-electron chi connectivity index (χ2n) is 6.02. The van der Waals surface area contributed by atoms with Crippen LogP contribution in [0.15, 0.2) is 36.4 Å². The van der Waals surface area contributed by atoms with Crippen molar-refractivity contribution in [1.82, 2.24) is 10.3 Å². The Morgan fingerprint density at radius 2 is 1.89 bits per heavy atom. The molecule has 0 saturated carbocycles. The van der Waals surface area contributed by atoms with E-state index in [1.807, 2.05) is 31.2 Å². The zero-order chi connectivity index (χ0) is 19.4. The summed E-state index contributed by atoms with van der Waals surface area (Å²) in [5.41, 5.74) is 3.41. The molecule has 1 aromatic heterocycles. The van der Waals surface area contributed by atoms with Crippen LogP contribution in [0.3, 0.4) is 0 Å². The molecule has 3 rings (SSSR count). The quantitative estimate of drug-likeness (QED) is 0.622. The van der Waals surface area contributed by atoms with E-state index in [1.165, 1.54) is 30.9 Å². The first kappa shape index (κ1) is 18.7. The molecule has 0 atom stereocenters. The van der Waals surface area contributed by atoms with Gasteiger partial charge in [-0.3, -0.25) is 4.79 Å². The van der Waals surface area contributed by atoms with Crippen molar-refractivity contribution in [2.45, 2.75) is 20.4 Å². The zero-order valence-electron chi connectivity index (χ0n) is 15.3. The Kier molecular flexibility index (Phi) is 5.56. The molecule has 0 aliphatic carbocycles. The van der Waals surface area contributed by atoms with Crippen molar-refractivity contribution in [3.8, 4) is 5.75 Å². The molecule has 0 radical (unpaired) electrons. The van der Waals surface area contributed by atoms with Crippen LogP contribution in [0.2, 0.25) is 0 Å². The number of amides is 3. The van der Waals surface area contributed by atoms with Crippen LogP contribution in [0.5, 0.6) is 5.75 Å². The van der Waals surface area contributed by atoms with Gasteiger partial charge in [-0.25, -0.2) is 9.78 Å². The number of ether oxygens (including phenoxy) is 1. The average molecular weight is 384 g/mol. The molecule has 8 heteroatoms. The number of benzene rings is 2. The van der Waals surface area contributed by atoms with Crippen LogP contribution < -0.4 is 20.7 Å². The second-order valence-corrected chi connectivity index (χ2v) is 7.05. The van der Waals surface area contributed by atoms with Gasteiger partial charge in [-0.05, 0) is 18.6 Å². The van der Waals surface area contributed by atoms with E-state index in [-0.39, 0.29) is 11.9 Å². The number of hydrogen-bond acceptors (Lipinski definition) is 5. The van der Waals surface area contributed by atoms with Gasteiger partial charge < -0.3 is 20.7 Å². The first-order valence-corrected chi connectivity index (χ1v) is 9.13. The lowest BCUT2D eigenvalue weighted by Gasteiger charge is -2.09. The number of nitrogens with one attached hydrogen (secondary N) is 3. The molecular formula is C19H20N4O3S. The largest absolute Gasteiger partial charge is 0.494 e. The number of anilines is 2. The molecule has 3 N–H and O–H groups in total. The fourth-order valence-corrected chi connectivity index (χ4v) is 3.46. The topological polar surface area (TPSA) is 92.4 Å². The standard InChI is InChI=1S/C19H20N4O3S/c1-11-4-6-13(7-5-11)10-20-18(25)22-14-8-15(26-3)17-16(9-14)27-19(23-17)21-12(2)24/h4-9H,10H2,1-3H3,(H2,20,22,25)(H,21,23,24). The fraction of sp³-hybridized carbons (Fsp3) is 0.211. The van der Waals surface area contributed by atoms with Gasteiger partial charge in [0.25, 0.3) is 0 Å². The van der Waals surface area contributed by atoms with E-state index in [4.69, 9.17) is 4.74 Å². The number of urea groups is 1. The molecule has 7 nitrogen and oxygen atoms in total. The van der Waals surface area contributed by atoms with Crippen molar-refractivity contribution >= 4 is 44.3 Å². The summed E-state index contributed by atoms with van der Waals surface area (Å²) in [6.45, 7) is 3.87. The summed E-state index contributed by atoms with van der Waals surface area (Å²) in [4.78, 5) is 27.8. The van der Waals surface area contributed by atoms with Gasteiger partial charge in [-0.2, -0.15) is 0 Å². The number of rotatable bonds is 5. The van der Waals surface area contributed by atoms with Gasteiger partial charge in [-0.1, -0.05) is 41.2 Å². The zero-order valence-corrected chi connectivity index (χ0v) is 16.1. The van der Waals surface area contributed by atoms with Crippen LogP contribution >= 0.6 is 11.3 Å². The molecule has 0 fully saturated rings. The SMILES string of the molecule is COc1cc(NC(=O)NCc2ccc(C)cc2)cc2sc(NC(C)=O)nc12. The normalized spacial score (nSPS) is 10.5. The molecule has 0 unspecified atom stereocenters. The van der Waals surface area contributed by atoms with Gasteiger partial charge >= 0.3 is 6.03 Å². The minimum atomic E-state index is -0.316. The highest BCUT2D eigenvalue weighted by Crippen LogP contribution is 2.35. The van der Waals surface area contributed by atoms with Crippen molar-refractivity contribution in [2.24, 2.45) is 0 Å². The van der Waals surface area contributed by atoms with Gasteiger partial charge in [0.15, 0.2) is 5.13 Å². The van der Waals surface area contributed by atoms with Crippen molar-refractivity contribution < 1.29 is 14.3 Å². The van der Waals surface area contributed by atoms with E-state index in [0.29, 0.717) is 28.6 Å². The van der Waals surface area contributed by atoms with E-state index >= 15 is 0 Å². The number of nitrogens with zero attached hydrogens (tertiary/aromatic N) is 1. The summed E-state index contributed by atoms with van der Waals surface area (Å²) in [5, 5.41) is 8.77. The molecule has 3 amide bonds. The molecular weight excluding hydrogens is 364 g/mol. The summed E-state index contributed by atoms with van der Waals surface area (Å²) in [5.74, 6) is 0.330. The number of aromatic nitrogens is 1. The molecule has 27 heavy (non-hydrogen) atoms. The molecule has 0 bridgehead atoms. The average Bonchev–Trinajstić information content (AvgIpc) is 3.02. The minimum Gasteiger partial charge on any atom is -0.494 e. The van der Waals surface area contributed by atoms with E-state index in [9.17, 15) is 9.59 Å². The maximum atomic E-state index is 12.2. The van der Waals surface area contributed by atoms with Crippen molar-refractivity contribution in [2.75, 3.05) is 17.7 Å². The van der Waals surface area contributed by atoms with Crippen molar-refractivity contribution in [3.63, 3.8) is 0 Å². The summed E-state index contributed by atoms with van der Waals surface area (Å²) in [6.07, 6.45) is 0. The van der Waals surface area contributed by atoms with E-state index in [0.717, 1.165) is 10.3 Å². The van der Waals surface area contributed by atoms with Gasteiger partial charge in [0.05, 0.1) is 11.8 Å². The van der Waals surface area contributed by atoms with Crippen LogP contribution in [0, 0.1) is 6.92 Å². The molecule has 140 valence electrons. The number of thiazole rings is 1. The summed E-state index contributed by atoms with van der Waals surface area (Å²) in [7, 11) is 1.54. The summed E-state index contributed by atoms with van der Waals surface area (Å²) in [6, 6.07) is 11.1. The van der Waals surface area contributed by atoms with Crippen LogP contribution in [-0.2, 0) is 11.3 Å². The van der Waals surface area contributed by atoms with E-state index < -0.39 is 0 Å². The van der Waals surface area contributed by atoms with Gasteiger partial charge in [0.1, 0.15) is 11.3 Å². The lowest BCUT2D eigenvalue weighted by Crippen LogP contribution is -2.28. The molecule has 3 aromatic rings. The molecule has 1 heterocycles. The highest BCUT2D eigenvalue weighted by molar-refractivity contribution is 7.22. The maximum Gasteiger partial charge on any atom is 0.319 e. The number of hydrogen-bond donors (Lipinski definition) is 3. The predicted molar refractivity (Wildman–Crippen MR) is 108 cm³/mol. The first-order valence-electron chi connectivity index (χ1n) is 8.31. The Morgan fingerprint density at radius 1 is 1.15 bits per heavy atom. The molecule has 0 spiro atoms. The Bertz CT molecular complexity index is 983. The maximum absolute atomic E-state index is 12.2. The van der Waals surface area contributed by atoms with Crippen LogP contribution in [0.1, 0.15) is 18.1 Å².